The highest BCUT2D eigenvalue weighted by atomic mass is 19.2. The maximum absolute atomic E-state index is 13.9. The second-order valence-electron chi connectivity index (χ2n) is 5.59. The quantitative estimate of drug-likeness (QED) is 0.798. The molecule has 5 heteroatoms. The molecule has 0 heterocycles. The summed E-state index contributed by atoms with van der Waals surface area (Å²) in [5, 5.41) is 0. The molecule has 0 bridgehead atoms. The molecule has 2 rings (SSSR count). The molecule has 0 N–H and O–H groups in total. The van der Waals surface area contributed by atoms with Crippen LogP contribution in [0, 0.1) is 11.6 Å². The summed E-state index contributed by atoms with van der Waals surface area (Å²) in [5.41, 5.74) is 0.799. The molecule has 0 fully saturated rings. The first-order valence-electron chi connectivity index (χ1n) is 7.85. The summed E-state index contributed by atoms with van der Waals surface area (Å²) in [6.07, 6.45) is 0.612. The van der Waals surface area contributed by atoms with Gasteiger partial charge in [-0.2, -0.15) is 0 Å². The van der Waals surface area contributed by atoms with Crippen LogP contribution in [0.3, 0.4) is 0 Å². The molecule has 0 aromatic heterocycles. The van der Waals surface area contributed by atoms with Crippen molar-refractivity contribution in [3.05, 3.63) is 65.2 Å². The highest BCUT2D eigenvalue weighted by Gasteiger charge is 2.24. The topological polar surface area (TPSA) is 29.5 Å². The first kappa shape index (κ1) is 17.9. The molecule has 3 nitrogen and oxygen atoms in total. The van der Waals surface area contributed by atoms with Gasteiger partial charge < -0.3 is 9.64 Å². The van der Waals surface area contributed by atoms with Crippen molar-refractivity contribution in [2.45, 2.75) is 26.3 Å². The molecule has 0 saturated heterocycles. The van der Waals surface area contributed by atoms with Crippen molar-refractivity contribution >= 4 is 5.91 Å². The number of nitrogens with zero attached hydrogens (tertiary/aromatic N) is 1. The van der Waals surface area contributed by atoms with Crippen molar-refractivity contribution in [2.75, 3.05) is 13.7 Å². The van der Waals surface area contributed by atoms with Crippen LogP contribution in [0.4, 0.5) is 8.78 Å². The number of rotatable bonds is 6. The minimum absolute atomic E-state index is 0.154. The van der Waals surface area contributed by atoms with E-state index in [1.807, 2.05) is 38.1 Å². The lowest BCUT2D eigenvalue weighted by Crippen LogP contribution is -2.40. The number of amides is 1. The van der Waals surface area contributed by atoms with Gasteiger partial charge in [0, 0.05) is 12.6 Å². The molecule has 128 valence electrons. The average molecular weight is 333 g/mol. The van der Waals surface area contributed by atoms with E-state index < -0.39 is 17.5 Å². The molecule has 0 spiro atoms. The monoisotopic (exact) mass is 333 g/mol. The van der Waals surface area contributed by atoms with Gasteiger partial charge in [-0.1, -0.05) is 18.2 Å². The third kappa shape index (κ3) is 3.91. The zero-order chi connectivity index (χ0) is 17.7. The third-order valence-electron chi connectivity index (χ3n) is 4.01. The molecular weight excluding hydrogens is 312 g/mol. The van der Waals surface area contributed by atoms with Crippen molar-refractivity contribution in [3.63, 3.8) is 0 Å². The maximum Gasteiger partial charge on any atom is 0.257 e. The Kier molecular flexibility index (Phi) is 5.90. The van der Waals surface area contributed by atoms with Gasteiger partial charge in [0.05, 0.1) is 12.7 Å². The maximum atomic E-state index is 13.9. The van der Waals surface area contributed by atoms with Gasteiger partial charge >= 0.3 is 0 Å². The predicted molar refractivity (Wildman–Crippen MR) is 89.2 cm³/mol. The van der Waals surface area contributed by atoms with Crippen molar-refractivity contribution < 1.29 is 18.3 Å². The Morgan fingerprint density at radius 1 is 1.17 bits per heavy atom. The number of carbonyl (C=O) groups is 1. The van der Waals surface area contributed by atoms with Crippen LogP contribution in [0.25, 0.3) is 0 Å². The second kappa shape index (κ2) is 7.90. The normalized spacial score (nSPS) is 11.9. The van der Waals surface area contributed by atoms with Crippen LogP contribution in [0.15, 0.2) is 42.5 Å². The molecule has 2 aromatic rings. The van der Waals surface area contributed by atoms with Gasteiger partial charge in [-0.3, -0.25) is 4.79 Å². The molecule has 0 saturated carbocycles. The lowest BCUT2D eigenvalue weighted by atomic mass is 10.0. The Morgan fingerprint density at radius 3 is 2.42 bits per heavy atom. The molecule has 0 aliphatic heterocycles. The van der Waals surface area contributed by atoms with Crippen LogP contribution in [0.2, 0.25) is 0 Å². The van der Waals surface area contributed by atoms with Gasteiger partial charge in [-0.15, -0.1) is 0 Å². The smallest absolute Gasteiger partial charge is 0.257 e. The van der Waals surface area contributed by atoms with E-state index in [1.165, 1.54) is 12.1 Å². The fraction of sp³-hybridized carbons (Fsp3) is 0.316. The van der Waals surface area contributed by atoms with Gasteiger partial charge in [0.15, 0.2) is 11.6 Å². The zero-order valence-corrected chi connectivity index (χ0v) is 14.1. The van der Waals surface area contributed by atoms with Gasteiger partial charge in [-0.05, 0) is 50.1 Å². The first-order chi connectivity index (χ1) is 11.5. The SMILES string of the molecule is CCN(C(=O)c1cccc(F)c1F)C(C)Cc1ccc(OC)cc1. The largest absolute Gasteiger partial charge is 0.497 e. The predicted octanol–water partition coefficient (Wildman–Crippen LogP) is 4.07. The van der Waals surface area contributed by atoms with Crippen molar-refractivity contribution in [3.8, 4) is 5.75 Å². The molecular formula is C19H21F2NO2. The first-order valence-corrected chi connectivity index (χ1v) is 7.85. The summed E-state index contributed by atoms with van der Waals surface area (Å²) in [6, 6.07) is 11.1. The van der Waals surface area contributed by atoms with E-state index in [0.717, 1.165) is 17.4 Å². The Bertz CT molecular complexity index is 701. The van der Waals surface area contributed by atoms with E-state index in [0.29, 0.717) is 13.0 Å². The van der Waals surface area contributed by atoms with Crippen LogP contribution >= 0.6 is 0 Å². The summed E-state index contributed by atoms with van der Waals surface area (Å²) in [6.45, 7) is 4.12. The van der Waals surface area contributed by atoms with Gasteiger partial charge in [0.25, 0.3) is 5.91 Å². The summed E-state index contributed by atoms with van der Waals surface area (Å²) >= 11 is 0. The molecule has 0 radical (unpaired) electrons. The number of carbonyl (C=O) groups excluding carboxylic acids is 1. The van der Waals surface area contributed by atoms with E-state index in [1.54, 1.807) is 12.0 Å². The minimum Gasteiger partial charge on any atom is -0.497 e. The Hall–Kier alpha value is -2.43. The van der Waals surface area contributed by atoms with Crippen molar-refractivity contribution in [1.82, 2.24) is 4.90 Å². The van der Waals surface area contributed by atoms with Gasteiger partial charge in [-0.25, -0.2) is 8.78 Å². The second-order valence-corrected chi connectivity index (χ2v) is 5.59. The molecule has 1 atom stereocenters. The number of hydrogen-bond donors (Lipinski definition) is 0. The van der Waals surface area contributed by atoms with E-state index in [2.05, 4.69) is 0 Å². The standard InChI is InChI=1S/C19H21F2NO2/c1-4-22(19(23)16-6-5-7-17(20)18(16)21)13(2)12-14-8-10-15(24-3)11-9-14/h5-11,13H,4,12H2,1-3H3. The average Bonchev–Trinajstić information content (AvgIpc) is 2.58. The highest BCUT2D eigenvalue weighted by molar-refractivity contribution is 5.94. The highest BCUT2D eigenvalue weighted by Crippen LogP contribution is 2.18. The summed E-state index contributed by atoms with van der Waals surface area (Å²) < 4.78 is 32.4. The summed E-state index contributed by atoms with van der Waals surface area (Å²) in [4.78, 5) is 14.1. The van der Waals surface area contributed by atoms with Crippen molar-refractivity contribution in [1.29, 1.82) is 0 Å². The molecule has 2 aromatic carbocycles. The van der Waals surface area contributed by atoms with Crippen LogP contribution < -0.4 is 4.74 Å². The van der Waals surface area contributed by atoms with Gasteiger partial charge in [0.2, 0.25) is 0 Å². The third-order valence-corrected chi connectivity index (χ3v) is 4.01. The van der Waals surface area contributed by atoms with Crippen LogP contribution in [-0.2, 0) is 6.42 Å². The number of halogens is 2. The summed E-state index contributed by atoms with van der Waals surface area (Å²) in [5.74, 6) is -1.86. The lowest BCUT2D eigenvalue weighted by molar-refractivity contribution is 0.0697. The Balaban J connectivity index is 2.16. The van der Waals surface area contributed by atoms with Crippen LogP contribution in [0.1, 0.15) is 29.8 Å². The van der Waals surface area contributed by atoms with E-state index in [-0.39, 0.29) is 11.6 Å². The fourth-order valence-electron chi connectivity index (χ4n) is 2.69. The molecule has 1 amide bonds. The minimum atomic E-state index is -1.10. The molecule has 0 aliphatic carbocycles. The lowest BCUT2D eigenvalue weighted by Gasteiger charge is -2.28. The van der Waals surface area contributed by atoms with E-state index in [4.69, 9.17) is 4.74 Å². The van der Waals surface area contributed by atoms with Crippen molar-refractivity contribution in [2.24, 2.45) is 0 Å². The molecule has 24 heavy (non-hydrogen) atoms. The molecule has 0 aliphatic rings. The molecule has 1 unspecified atom stereocenters. The number of benzene rings is 2. The van der Waals surface area contributed by atoms with E-state index >= 15 is 0 Å². The Labute approximate surface area is 140 Å². The van der Waals surface area contributed by atoms with Gasteiger partial charge in [0.1, 0.15) is 5.75 Å². The fourth-order valence-corrected chi connectivity index (χ4v) is 2.69. The van der Waals surface area contributed by atoms with Crippen LogP contribution in [0.5, 0.6) is 5.75 Å². The van der Waals surface area contributed by atoms with E-state index in [9.17, 15) is 13.6 Å². The zero-order valence-electron chi connectivity index (χ0n) is 14.1. The number of ether oxygens (including phenoxy) is 1. The number of hydrogen-bond acceptors (Lipinski definition) is 2. The number of likely N-dealkylation sites (N-methyl/N-ethyl adjacent to an activating group) is 1. The number of methoxy groups -OCH3 is 1. The summed E-state index contributed by atoms with van der Waals surface area (Å²) in [7, 11) is 1.60. The Morgan fingerprint density at radius 2 is 1.83 bits per heavy atom. The van der Waals surface area contributed by atoms with Crippen LogP contribution in [-0.4, -0.2) is 30.5 Å².